The van der Waals surface area contributed by atoms with Crippen molar-refractivity contribution >= 4 is 5.97 Å². The van der Waals surface area contributed by atoms with E-state index >= 15 is 0 Å². The van der Waals surface area contributed by atoms with Crippen LogP contribution in [0.3, 0.4) is 0 Å². The van der Waals surface area contributed by atoms with Crippen molar-refractivity contribution < 1.29 is 14.6 Å². The van der Waals surface area contributed by atoms with Crippen LogP contribution in [0.1, 0.15) is 15.9 Å². The van der Waals surface area contributed by atoms with Gasteiger partial charge in [0.1, 0.15) is 18.1 Å². The summed E-state index contributed by atoms with van der Waals surface area (Å²) in [6.45, 7) is 0.486. The third-order valence-corrected chi connectivity index (χ3v) is 3.69. The highest BCUT2D eigenvalue weighted by Gasteiger charge is 2.20. The molecule has 0 radical (unpaired) electrons. The van der Waals surface area contributed by atoms with Crippen molar-refractivity contribution in [1.82, 2.24) is 9.78 Å². The number of para-hydroxylation sites is 1. The molecule has 1 aromatic heterocycles. The molecule has 0 spiro atoms. The van der Waals surface area contributed by atoms with Crippen molar-refractivity contribution in [3.63, 3.8) is 0 Å². The standard InChI is InChI=1S/C17H12N2O3/c20-17(21)11-5-7-13(8-6-11)19-9-12-10-22-15-4-2-1-3-14(15)16(12)18-19/h1-9H,10H2,(H,20,21). The maximum atomic E-state index is 10.9. The molecule has 22 heavy (non-hydrogen) atoms. The molecule has 0 bridgehead atoms. The molecule has 1 N–H and O–H groups in total. The Hall–Kier alpha value is -3.08. The zero-order chi connectivity index (χ0) is 15.1. The molecule has 3 aromatic rings. The van der Waals surface area contributed by atoms with E-state index in [0.29, 0.717) is 6.61 Å². The van der Waals surface area contributed by atoms with Gasteiger partial charge in [0.2, 0.25) is 0 Å². The molecular formula is C17H12N2O3. The molecule has 2 aromatic carbocycles. The Morgan fingerprint density at radius 3 is 2.68 bits per heavy atom. The quantitative estimate of drug-likeness (QED) is 0.788. The average Bonchev–Trinajstić information content (AvgIpc) is 2.99. The van der Waals surface area contributed by atoms with Crippen molar-refractivity contribution in [2.75, 3.05) is 0 Å². The van der Waals surface area contributed by atoms with Crippen LogP contribution in [0.25, 0.3) is 16.9 Å². The molecule has 2 heterocycles. The topological polar surface area (TPSA) is 64.3 Å². The molecule has 0 atom stereocenters. The highest BCUT2D eigenvalue weighted by molar-refractivity contribution is 5.87. The van der Waals surface area contributed by atoms with E-state index in [-0.39, 0.29) is 5.56 Å². The van der Waals surface area contributed by atoms with Crippen molar-refractivity contribution in [2.45, 2.75) is 6.61 Å². The number of hydrogen-bond acceptors (Lipinski definition) is 3. The summed E-state index contributed by atoms with van der Waals surface area (Å²) in [7, 11) is 0. The van der Waals surface area contributed by atoms with E-state index in [9.17, 15) is 4.79 Å². The number of aromatic carboxylic acids is 1. The molecule has 0 fully saturated rings. The molecule has 0 aliphatic carbocycles. The molecule has 5 heteroatoms. The maximum Gasteiger partial charge on any atom is 0.335 e. The van der Waals surface area contributed by atoms with Crippen molar-refractivity contribution in [1.29, 1.82) is 0 Å². The molecule has 0 unspecified atom stereocenters. The number of ether oxygens (including phenoxy) is 1. The number of carboxylic acids is 1. The van der Waals surface area contributed by atoms with Crippen LogP contribution in [0.2, 0.25) is 0 Å². The summed E-state index contributed by atoms with van der Waals surface area (Å²) in [4.78, 5) is 10.9. The lowest BCUT2D eigenvalue weighted by Gasteiger charge is -2.15. The lowest BCUT2D eigenvalue weighted by molar-refractivity contribution is 0.0697. The highest BCUT2D eigenvalue weighted by Crippen LogP contribution is 2.36. The van der Waals surface area contributed by atoms with Gasteiger partial charge in [0.15, 0.2) is 0 Å². The van der Waals surface area contributed by atoms with Crippen LogP contribution in [0.5, 0.6) is 5.75 Å². The molecule has 0 saturated heterocycles. The van der Waals surface area contributed by atoms with Crippen molar-refractivity contribution in [3.8, 4) is 22.7 Å². The smallest absolute Gasteiger partial charge is 0.335 e. The molecule has 4 rings (SSSR count). The number of nitrogens with zero attached hydrogens (tertiary/aromatic N) is 2. The number of hydrogen-bond donors (Lipinski definition) is 1. The molecule has 0 saturated carbocycles. The zero-order valence-corrected chi connectivity index (χ0v) is 11.6. The van der Waals surface area contributed by atoms with Gasteiger partial charge >= 0.3 is 5.97 Å². The van der Waals surface area contributed by atoms with E-state index in [1.807, 2.05) is 30.5 Å². The van der Waals surface area contributed by atoms with E-state index < -0.39 is 5.97 Å². The van der Waals surface area contributed by atoms with E-state index in [1.54, 1.807) is 28.9 Å². The van der Waals surface area contributed by atoms with Crippen LogP contribution in [0, 0.1) is 0 Å². The minimum absolute atomic E-state index is 0.259. The number of aromatic nitrogens is 2. The number of fused-ring (bicyclic) bond motifs is 3. The van der Waals surface area contributed by atoms with Crippen molar-refractivity contribution in [2.24, 2.45) is 0 Å². The Balaban J connectivity index is 1.77. The zero-order valence-electron chi connectivity index (χ0n) is 11.6. The minimum Gasteiger partial charge on any atom is -0.488 e. The summed E-state index contributed by atoms with van der Waals surface area (Å²) in [6, 6.07) is 14.4. The second-order valence-electron chi connectivity index (χ2n) is 5.08. The van der Waals surface area contributed by atoms with Gasteiger partial charge in [-0.15, -0.1) is 0 Å². The maximum absolute atomic E-state index is 10.9. The molecule has 1 aliphatic heterocycles. The Morgan fingerprint density at radius 2 is 1.91 bits per heavy atom. The molecule has 1 aliphatic rings. The summed E-state index contributed by atoms with van der Waals surface area (Å²) in [6.07, 6.45) is 1.92. The number of carbonyl (C=O) groups is 1. The van der Waals surface area contributed by atoms with E-state index in [1.165, 1.54) is 0 Å². The first-order valence-electron chi connectivity index (χ1n) is 6.87. The summed E-state index contributed by atoms with van der Waals surface area (Å²) in [5.74, 6) is -0.102. The summed E-state index contributed by atoms with van der Waals surface area (Å²) >= 11 is 0. The van der Waals surface area contributed by atoms with E-state index in [4.69, 9.17) is 9.84 Å². The largest absolute Gasteiger partial charge is 0.488 e. The fourth-order valence-corrected chi connectivity index (χ4v) is 2.57. The van der Waals surface area contributed by atoms with Crippen LogP contribution in [0.4, 0.5) is 0 Å². The van der Waals surface area contributed by atoms with Gasteiger partial charge in [0.05, 0.1) is 11.3 Å². The third kappa shape index (κ3) is 1.95. The second kappa shape index (κ2) is 4.73. The summed E-state index contributed by atoms with van der Waals surface area (Å²) in [5.41, 5.74) is 3.97. The van der Waals surface area contributed by atoms with E-state index in [0.717, 1.165) is 28.3 Å². The summed E-state index contributed by atoms with van der Waals surface area (Å²) in [5, 5.41) is 13.6. The van der Waals surface area contributed by atoms with Gasteiger partial charge in [-0.3, -0.25) is 0 Å². The highest BCUT2D eigenvalue weighted by atomic mass is 16.5. The third-order valence-electron chi connectivity index (χ3n) is 3.69. The SMILES string of the molecule is O=C(O)c1ccc(-n2cc3c(n2)-c2ccccc2OC3)cc1. The predicted octanol–water partition coefficient (Wildman–Crippen LogP) is 3.13. The first kappa shape index (κ1) is 12.6. The van der Waals surface area contributed by atoms with Crippen LogP contribution in [0.15, 0.2) is 54.7 Å². The van der Waals surface area contributed by atoms with Crippen LogP contribution in [-0.4, -0.2) is 20.9 Å². The lowest BCUT2D eigenvalue weighted by atomic mass is 10.1. The van der Waals surface area contributed by atoms with Crippen LogP contribution in [-0.2, 0) is 6.61 Å². The monoisotopic (exact) mass is 292 g/mol. The van der Waals surface area contributed by atoms with Gasteiger partial charge in [0, 0.05) is 17.3 Å². The first-order chi connectivity index (χ1) is 10.7. The van der Waals surface area contributed by atoms with Gasteiger partial charge in [-0.25, -0.2) is 9.48 Å². The van der Waals surface area contributed by atoms with Crippen LogP contribution < -0.4 is 4.74 Å². The predicted molar refractivity (Wildman–Crippen MR) is 80.3 cm³/mol. The van der Waals surface area contributed by atoms with Gasteiger partial charge in [-0.05, 0) is 36.4 Å². The van der Waals surface area contributed by atoms with E-state index in [2.05, 4.69) is 5.10 Å². The van der Waals surface area contributed by atoms with Crippen molar-refractivity contribution in [3.05, 3.63) is 65.9 Å². The van der Waals surface area contributed by atoms with Gasteiger partial charge in [-0.2, -0.15) is 5.10 Å². The second-order valence-corrected chi connectivity index (χ2v) is 5.08. The fourth-order valence-electron chi connectivity index (χ4n) is 2.57. The molecule has 0 amide bonds. The average molecular weight is 292 g/mol. The van der Waals surface area contributed by atoms with Gasteiger partial charge in [0.25, 0.3) is 0 Å². The Kier molecular flexibility index (Phi) is 2.72. The Bertz CT molecular complexity index is 866. The minimum atomic E-state index is -0.936. The normalized spacial score (nSPS) is 12.2. The fraction of sp³-hybridized carbons (Fsp3) is 0.0588. The van der Waals surface area contributed by atoms with Crippen LogP contribution >= 0.6 is 0 Å². The number of rotatable bonds is 2. The first-order valence-corrected chi connectivity index (χ1v) is 6.87. The molecule has 108 valence electrons. The number of benzene rings is 2. The molecular weight excluding hydrogens is 280 g/mol. The number of carboxylic acid groups (broad SMARTS) is 1. The molecule has 5 nitrogen and oxygen atoms in total. The summed E-state index contributed by atoms with van der Waals surface area (Å²) < 4.78 is 7.47. The Labute approximate surface area is 126 Å². The van der Waals surface area contributed by atoms with Gasteiger partial charge < -0.3 is 9.84 Å². The lowest BCUT2D eigenvalue weighted by Crippen LogP contribution is -2.03. The van der Waals surface area contributed by atoms with Gasteiger partial charge in [-0.1, -0.05) is 12.1 Å². The Morgan fingerprint density at radius 1 is 1.14 bits per heavy atom.